The summed E-state index contributed by atoms with van der Waals surface area (Å²) in [5.74, 6) is -0.136. The minimum Gasteiger partial charge on any atom is -0.344 e. The molecule has 5 heteroatoms. The second kappa shape index (κ2) is 5.57. The zero-order chi connectivity index (χ0) is 15.7. The van der Waals surface area contributed by atoms with E-state index in [1.807, 2.05) is 48.9 Å². The maximum absolute atomic E-state index is 12.6. The van der Waals surface area contributed by atoms with Gasteiger partial charge in [0.15, 0.2) is 5.69 Å². The molecule has 1 aliphatic rings. The highest BCUT2D eigenvalue weighted by Gasteiger charge is 2.29. The molecule has 116 valence electrons. The number of nitrogens with zero attached hydrogens (tertiary/aromatic N) is 2. The normalized spacial score (nSPS) is 14.0. The Morgan fingerprint density at radius 3 is 2.73 bits per heavy atom. The first kappa shape index (κ1) is 14.8. The van der Waals surface area contributed by atoms with Crippen molar-refractivity contribution in [1.29, 1.82) is 0 Å². The fraction of sp³-hybridized carbons (Fsp3) is 0.412. The molecule has 0 saturated carbocycles. The fourth-order valence-electron chi connectivity index (χ4n) is 2.82. The van der Waals surface area contributed by atoms with Crippen molar-refractivity contribution in [2.45, 2.75) is 38.6 Å². The molecule has 0 aliphatic heterocycles. The van der Waals surface area contributed by atoms with Gasteiger partial charge in [-0.05, 0) is 45.2 Å². The van der Waals surface area contributed by atoms with Gasteiger partial charge in [0.1, 0.15) is 0 Å². The van der Waals surface area contributed by atoms with Crippen LogP contribution in [0.2, 0.25) is 0 Å². The largest absolute Gasteiger partial charge is 0.344 e. The van der Waals surface area contributed by atoms with E-state index in [0.717, 1.165) is 36.2 Å². The molecule has 1 aromatic heterocycles. The Morgan fingerprint density at radius 1 is 1.32 bits per heavy atom. The first-order valence-corrected chi connectivity index (χ1v) is 7.70. The predicted octanol–water partition coefficient (Wildman–Crippen LogP) is 1.83. The van der Waals surface area contributed by atoms with Crippen molar-refractivity contribution in [2.75, 3.05) is 6.54 Å². The van der Waals surface area contributed by atoms with Crippen LogP contribution in [0.25, 0.3) is 5.69 Å². The van der Waals surface area contributed by atoms with Crippen LogP contribution in [-0.4, -0.2) is 27.8 Å². The van der Waals surface area contributed by atoms with Crippen LogP contribution in [0.5, 0.6) is 0 Å². The highest BCUT2D eigenvalue weighted by Crippen LogP contribution is 2.28. The van der Waals surface area contributed by atoms with Crippen molar-refractivity contribution < 1.29 is 4.79 Å². The SMILES string of the molecule is CC(C)(CN)NC(=O)c1nn(-c2ccccc2)c2c1CCC2. The Morgan fingerprint density at radius 2 is 2.05 bits per heavy atom. The van der Waals surface area contributed by atoms with Crippen molar-refractivity contribution in [3.8, 4) is 5.69 Å². The van der Waals surface area contributed by atoms with Gasteiger partial charge in [-0.1, -0.05) is 18.2 Å². The molecule has 22 heavy (non-hydrogen) atoms. The molecular formula is C17H22N4O. The average Bonchev–Trinajstić information content (AvgIpc) is 3.09. The van der Waals surface area contributed by atoms with Gasteiger partial charge < -0.3 is 11.1 Å². The first-order valence-electron chi connectivity index (χ1n) is 7.70. The number of nitrogens with one attached hydrogen (secondary N) is 1. The van der Waals surface area contributed by atoms with Crippen LogP contribution in [0.4, 0.5) is 0 Å². The molecule has 1 aromatic carbocycles. The van der Waals surface area contributed by atoms with Gasteiger partial charge in [0, 0.05) is 23.3 Å². The topological polar surface area (TPSA) is 72.9 Å². The van der Waals surface area contributed by atoms with Gasteiger partial charge in [0.25, 0.3) is 5.91 Å². The Balaban J connectivity index is 1.99. The lowest BCUT2D eigenvalue weighted by molar-refractivity contribution is 0.0909. The number of carbonyl (C=O) groups excluding carboxylic acids is 1. The Labute approximate surface area is 130 Å². The summed E-state index contributed by atoms with van der Waals surface area (Å²) in [7, 11) is 0. The van der Waals surface area contributed by atoms with Gasteiger partial charge in [-0.2, -0.15) is 5.10 Å². The Hall–Kier alpha value is -2.14. The Bertz CT molecular complexity index is 688. The number of nitrogens with two attached hydrogens (primary N) is 1. The van der Waals surface area contributed by atoms with Gasteiger partial charge in [0.05, 0.1) is 5.69 Å². The number of para-hydroxylation sites is 1. The minimum absolute atomic E-state index is 0.136. The molecule has 0 radical (unpaired) electrons. The van der Waals surface area contributed by atoms with Crippen LogP contribution in [0, 0.1) is 0 Å². The van der Waals surface area contributed by atoms with Crippen LogP contribution >= 0.6 is 0 Å². The van der Waals surface area contributed by atoms with E-state index in [0.29, 0.717) is 12.2 Å². The van der Waals surface area contributed by atoms with Crippen molar-refractivity contribution in [2.24, 2.45) is 5.73 Å². The summed E-state index contributed by atoms with van der Waals surface area (Å²) in [5, 5.41) is 7.56. The number of hydrogen-bond donors (Lipinski definition) is 2. The number of rotatable bonds is 4. The molecule has 1 aliphatic carbocycles. The molecule has 3 rings (SSSR count). The average molecular weight is 298 g/mol. The van der Waals surface area contributed by atoms with E-state index in [-0.39, 0.29) is 5.91 Å². The summed E-state index contributed by atoms with van der Waals surface area (Å²) in [4.78, 5) is 12.6. The van der Waals surface area contributed by atoms with Crippen molar-refractivity contribution in [3.63, 3.8) is 0 Å². The summed E-state index contributed by atoms with van der Waals surface area (Å²) in [5.41, 5.74) is 9.04. The van der Waals surface area contributed by atoms with Crippen LogP contribution in [0.3, 0.4) is 0 Å². The van der Waals surface area contributed by atoms with E-state index in [2.05, 4.69) is 10.4 Å². The maximum atomic E-state index is 12.6. The van der Waals surface area contributed by atoms with E-state index >= 15 is 0 Å². The van der Waals surface area contributed by atoms with Crippen LogP contribution in [0.1, 0.15) is 42.0 Å². The van der Waals surface area contributed by atoms with Gasteiger partial charge in [-0.25, -0.2) is 4.68 Å². The van der Waals surface area contributed by atoms with Crippen molar-refractivity contribution in [3.05, 3.63) is 47.3 Å². The highest BCUT2D eigenvalue weighted by atomic mass is 16.2. The molecule has 1 heterocycles. The summed E-state index contributed by atoms with van der Waals surface area (Å²) in [6.07, 6.45) is 2.94. The zero-order valence-corrected chi connectivity index (χ0v) is 13.1. The summed E-state index contributed by atoms with van der Waals surface area (Å²) in [6, 6.07) is 9.96. The summed E-state index contributed by atoms with van der Waals surface area (Å²) in [6.45, 7) is 4.22. The smallest absolute Gasteiger partial charge is 0.272 e. The molecule has 0 fully saturated rings. The van der Waals surface area contributed by atoms with Crippen molar-refractivity contribution >= 4 is 5.91 Å². The third-order valence-electron chi connectivity index (χ3n) is 4.11. The van der Waals surface area contributed by atoms with Gasteiger partial charge in [-0.3, -0.25) is 4.79 Å². The fourth-order valence-corrected chi connectivity index (χ4v) is 2.82. The zero-order valence-electron chi connectivity index (χ0n) is 13.1. The summed E-state index contributed by atoms with van der Waals surface area (Å²) < 4.78 is 1.91. The second-order valence-electron chi connectivity index (χ2n) is 6.42. The van der Waals surface area contributed by atoms with E-state index < -0.39 is 5.54 Å². The molecule has 0 spiro atoms. The minimum atomic E-state index is -0.431. The number of fused-ring (bicyclic) bond motifs is 1. The molecule has 0 bridgehead atoms. The third kappa shape index (κ3) is 2.64. The predicted molar refractivity (Wildman–Crippen MR) is 86.2 cm³/mol. The standard InChI is InChI=1S/C17H22N4O/c1-17(2,11-18)19-16(22)15-13-9-6-10-14(13)21(20-15)12-7-4-3-5-8-12/h3-5,7-8H,6,9-11,18H2,1-2H3,(H,19,22). The molecule has 1 amide bonds. The maximum Gasteiger partial charge on any atom is 0.272 e. The number of amides is 1. The van der Waals surface area contributed by atoms with Gasteiger partial charge in [-0.15, -0.1) is 0 Å². The number of hydrogen-bond acceptors (Lipinski definition) is 3. The highest BCUT2D eigenvalue weighted by molar-refractivity contribution is 5.94. The molecule has 5 nitrogen and oxygen atoms in total. The van der Waals surface area contributed by atoms with Crippen molar-refractivity contribution in [1.82, 2.24) is 15.1 Å². The second-order valence-corrected chi connectivity index (χ2v) is 6.42. The van der Waals surface area contributed by atoms with E-state index in [1.165, 1.54) is 0 Å². The number of benzene rings is 1. The van der Waals surface area contributed by atoms with Crippen LogP contribution in [-0.2, 0) is 12.8 Å². The molecule has 2 aromatic rings. The molecule has 0 saturated heterocycles. The van der Waals surface area contributed by atoms with Crippen LogP contribution in [0.15, 0.2) is 30.3 Å². The lowest BCUT2D eigenvalue weighted by Crippen LogP contribution is -2.49. The molecule has 3 N–H and O–H groups in total. The number of carbonyl (C=O) groups is 1. The summed E-state index contributed by atoms with van der Waals surface area (Å²) >= 11 is 0. The third-order valence-corrected chi connectivity index (χ3v) is 4.11. The van der Waals surface area contributed by atoms with E-state index in [4.69, 9.17) is 5.73 Å². The molecule has 0 atom stereocenters. The number of aromatic nitrogens is 2. The lowest BCUT2D eigenvalue weighted by atomic mass is 10.1. The van der Waals surface area contributed by atoms with E-state index in [9.17, 15) is 4.79 Å². The monoisotopic (exact) mass is 298 g/mol. The molecule has 0 unspecified atom stereocenters. The quantitative estimate of drug-likeness (QED) is 0.904. The van der Waals surface area contributed by atoms with E-state index in [1.54, 1.807) is 0 Å². The van der Waals surface area contributed by atoms with Gasteiger partial charge >= 0.3 is 0 Å². The lowest BCUT2D eigenvalue weighted by Gasteiger charge is -2.23. The van der Waals surface area contributed by atoms with Gasteiger partial charge in [0.2, 0.25) is 0 Å². The van der Waals surface area contributed by atoms with Crippen LogP contribution < -0.4 is 11.1 Å². The molecular weight excluding hydrogens is 276 g/mol. The first-order chi connectivity index (χ1) is 10.5. The Kier molecular flexibility index (Phi) is 3.74.